The molecule has 0 spiro atoms. The third kappa shape index (κ3) is 2.64. The molecule has 2 heteroatoms. The van der Waals surface area contributed by atoms with Crippen LogP contribution in [-0.2, 0) is 13.0 Å². The monoisotopic (exact) mass is 248 g/mol. The van der Waals surface area contributed by atoms with E-state index in [1.54, 1.807) is 0 Å². The van der Waals surface area contributed by atoms with Gasteiger partial charge in [0.2, 0.25) is 0 Å². The number of aromatic nitrogens is 1. The summed E-state index contributed by atoms with van der Waals surface area (Å²) in [4.78, 5) is 0. The van der Waals surface area contributed by atoms with Crippen LogP contribution < -0.4 is 5.73 Å². The van der Waals surface area contributed by atoms with Gasteiger partial charge in [0.1, 0.15) is 0 Å². The zero-order valence-electron chi connectivity index (χ0n) is 12.3. The van der Waals surface area contributed by atoms with Crippen LogP contribution in [0.25, 0.3) is 0 Å². The van der Waals surface area contributed by atoms with E-state index in [0.717, 1.165) is 30.7 Å². The van der Waals surface area contributed by atoms with Gasteiger partial charge >= 0.3 is 0 Å². The first-order valence-corrected chi connectivity index (χ1v) is 7.44. The van der Waals surface area contributed by atoms with Crippen LogP contribution in [0.15, 0.2) is 12.3 Å². The second-order valence-corrected chi connectivity index (χ2v) is 6.52. The molecule has 0 bridgehead atoms. The molecule has 0 saturated heterocycles. The van der Waals surface area contributed by atoms with E-state index in [0.29, 0.717) is 0 Å². The molecule has 18 heavy (non-hydrogen) atoms. The Morgan fingerprint density at radius 2 is 1.94 bits per heavy atom. The second kappa shape index (κ2) is 5.48. The Morgan fingerprint density at radius 3 is 2.56 bits per heavy atom. The Kier molecular flexibility index (Phi) is 4.16. The minimum absolute atomic E-state index is 0.270. The Bertz CT molecular complexity index is 382. The highest BCUT2D eigenvalue weighted by Gasteiger charge is 2.23. The molecular weight excluding hydrogens is 220 g/mol. The van der Waals surface area contributed by atoms with Crippen LogP contribution in [0.3, 0.4) is 0 Å². The maximum absolute atomic E-state index is 6.20. The van der Waals surface area contributed by atoms with Gasteiger partial charge in [-0.15, -0.1) is 0 Å². The normalized spacial score (nSPS) is 19.9. The fourth-order valence-electron chi connectivity index (χ4n) is 3.38. The van der Waals surface area contributed by atoms with E-state index in [9.17, 15) is 0 Å². The predicted octanol–water partition coefficient (Wildman–Crippen LogP) is 3.75. The van der Waals surface area contributed by atoms with Crippen LogP contribution in [0.1, 0.15) is 57.8 Å². The minimum Gasteiger partial charge on any atom is -0.351 e. The van der Waals surface area contributed by atoms with Crippen molar-refractivity contribution in [2.45, 2.75) is 59.5 Å². The van der Waals surface area contributed by atoms with Gasteiger partial charge in [-0.05, 0) is 48.6 Å². The van der Waals surface area contributed by atoms with E-state index in [2.05, 4.69) is 44.5 Å². The average Bonchev–Trinajstić information content (AvgIpc) is 2.69. The lowest BCUT2D eigenvalue weighted by molar-refractivity contribution is 0.249. The number of nitrogens with zero attached hydrogens (tertiary/aromatic N) is 1. The minimum atomic E-state index is 0.270. The molecule has 0 aromatic carbocycles. The topological polar surface area (TPSA) is 30.9 Å². The fraction of sp³-hybridized carbons (Fsp3) is 0.750. The SMILES string of the molecule is CC(C)C(Cn1ccc2c1CCCC2N)C(C)C. The smallest absolute Gasteiger partial charge is 0.0312 e. The standard InChI is InChI=1S/C16H28N2/c1-11(2)14(12(3)4)10-18-9-8-13-15(17)6-5-7-16(13)18/h8-9,11-12,14-15H,5-7,10,17H2,1-4H3. The van der Waals surface area contributed by atoms with Gasteiger partial charge in [0.05, 0.1) is 0 Å². The summed E-state index contributed by atoms with van der Waals surface area (Å²) in [5.41, 5.74) is 9.09. The molecule has 0 aliphatic heterocycles. The van der Waals surface area contributed by atoms with Crippen molar-refractivity contribution in [2.24, 2.45) is 23.5 Å². The van der Waals surface area contributed by atoms with Crippen molar-refractivity contribution in [2.75, 3.05) is 0 Å². The molecule has 2 N–H and O–H groups in total. The van der Waals surface area contributed by atoms with Gasteiger partial charge in [-0.25, -0.2) is 0 Å². The molecule has 0 radical (unpaired) electrons. The van der Waals surface area contributed by atoms with Crippen molar-refractivity contribution in [3.8, 4) is 0 Å². The van der Waals surface area contributed by atoms with Gasteiger partial charge < -0.3 is 10.3 Å². The van der Waals surface area contributed by atoms with Gasteiger partial charge in [0, 0.05) is 24.5 Å². The Balaban J connectivity index is 2.19. The summed E-state index contributed by atoms with van der Waals surface area (Å²) in [6, 6.07) is 2.52. The summed E-state index contributed by atoms with van der Waals surface area (Å²) in [7, 11) is 0. The third-order valence-electron chi connectivity index (χ3n) is 4.56. The average molecular weight is 248 g/mol. The van der Waals surface area contributed by atoms with Crippen LogP contribution in [0.4, 0.5) is 0 Å². The Morgan fingerprint density at radius 1 is 1.28 bits per heavy atom. The predicted molar refractivity (Wildman–Crippen MR) is 77.5 cm³/mol. The van der Waals surface area contributed by atoms with Crippen molar-refractivity contribution < 1.29 is 0 Å². The quantitative estimate of drug-likeness (QED) is 0.864. The zero-order chi connectivity index (χ0) is 13.3. The molecule has 1 aliphatic rings. The molecule has 0 amide bonds. The van der Waals surface area contributed by atoms with Gasteiger partial charge in [-0.1, -0.05) is 27.7 Å². The van der Waals surface area contributed by atoms with E-state index in [-0.39, 0.29) is 6.04 Å². The van der Waals surface area contributed by atoms with Crippen molar-refractivity contribution in [1.82, 2.24) is 4.57 Å². The van der Waals surface area contributed by atoms with Crippen LogP contribution in [0.2, 0.25) is 0 Å². The van der Waals surface area contributed by atoms with Gasteiger partial charge in [-0.2, -0.15) is 0 Å². The van der Waals surface area contributed by atoms with Crippen molar-refractivity contribution in [3.63, 3.8) is 0 Å². The highest BCUT2D eigenvalue weighted by atomic mass is 15.0. The van der Waals surface area contributed by atoms with Crippen LogP contribution in [0, 0.1) is 17.8 Å². The maximum atomic E-state index is 6.20. The molecule has 102 valence electrons. The van der Waals surface area contributed by atoms with E-state index in [4.69, 9.17) is 5.73 Å². The lowest BCUT2D eigenvalue weighted by atomic mass is 9.85. The molecule has 1 aliphatic carbocycles. The number of nitrogens with two attached hydrogens (primary N) is 1. The molecule has 2 rings (SSSR count). The third-order valence-corrected chi connectivity index (χ3v) is 4.56. The molecular formula is C16H28N2. The van der Waals surface area contributed by atoms with Crippen molar-refractivity contribution in [3.05, 3.63) is 23.5 Å². The first kappa shape index (κ1) is 13.7. The largest absolute Gasteiger partial charge is 0.351 e. The molecule has 0 saturated carbocycles. The van der Waals surface area contributed by atoms with E-state index in [1.165, 1.54) is 24.1 Å². The van der Waals surface area contributed by atoms with Crippen LogP contribution in [0.5, 0.6) is 0 Å². The van der Waals surface area contributed by atoms with Crippen LogP contribution in [-0.4, -0.2) is 4.57 Å². The first-order chi connectivity index (χ1) is 8.50. The van der Waals surface area contributed by atoms with E-state index < -0.39 is 0 Å². The lowest BCUT2D eigenvalue weighted by Gasteiger charge is -2.28. The van der Waals surface area contributed by atoms with Gasteiger partial charge in [0.25, 0.3) is 0 Å². The summed E-state index contributed by atoms with van der Waals surface area (Å²) >= 11 is 0. The highest BCUT2D eigenvalue weighted by molar-refractivity contribution is 5.28. The van der Waals surface area contributed by atoms with E-state index >= 15 is 0 Å². The number of rotatable bonds is 4. The summed E-state index contributed by atoms with van der Waals surface area (Å²) in [5, 5.41) is 0. The van der Waals surface area contributed by atoms with Crippen molar-refractivity contribution in [1.29, 1.82) is 0 Å². The molecule has 1 aromatic rings. The Labute approximate surface area is 112 Å². The summed E-state index contributed by atoms with van der Waals surface area (Å²) in [5.74, 6) is 2.22. The molecule has 2 nitrogen and oxygen atoms in total. The highest BCUT2D eigenvalue weighted by Crippen LogP contribution is 2.31. The summed E-state index contributed by atoms with van der Waals surface area (Å²) in [6.45, 7) is 10.5. The number of fused-ring (bicyclic) bond motifs is 1. The first-order valence-electron chi connectivity index (χ1n) is 7.44. The maximum Gasteiger partial charge on any atom is 0.0312 e. The zero-order valence-corrected chi connectivity index (χ0v) is 12.3. The molecule has 1 heterocycles. The van der Waals surface area contributed by atoms with Crippen LogP contribution >= 0.6 is 0 Å². The van der Waals surface area contributed by atoms with Gasteiger partial charge in [0.15, 0.2) is 0 Å². The van der Waals surface area contributed by atoms with E-state index in [1.807, 2.05) is 0 Å². The molecule has 1 atom stereocenters. The Hall–Kier alpha value is -0.760. The molecule has 1 aromatic heterocycles. The second-order valence-electron chi connectivity index (χ2n) is 6.52. The molecule has 1 unspecified atom stereocenters. The summed E-state index contributed by atoms with van der Waals surface area (Å²) < 4.78 is 2.47. The number of hydrogen-bond acceptors (Lipinski definition) is 1. The lowest BCUT2D eigenvalue weighted by Crippen LogP contribution is -2.24. The van der Waals surface area contributed by atoms with Gasteiger partial charge in [-0.3, -0.25) is 0 Å². The molecule has 0 fully saturated rings. The fourth-order valence-corrected chi connectivity index (χ4v) is 3.38. The number of hydrogen-bond donors (Lipinski definition) is 1. The summed E-state index contributed by atoms with van der Waals surface area (Å²) in [6.07, 6.45) is 5.85. The van der Waals surface area contributed by atoms with Crippen molar-refractivity contribution >= 4 is 0 Å².